The maximum atomic E-state index is 9.76. The minimum Gasteiger partial charge on any atom is -0.545 e. The molecule has 0 heterocycles. The van der Waals surface area contributed by atoms with E-state index in [1.54, 1.807) is 0 Å². The Balaban J connectivity index is -0.000000107. The number of carbonyl (C=O) groups excluding carboxylic acids is 2. The number of rotatable bonds is 2. The standard InChI is InChI=1S/C5H6O4.2Na.H2O/c1-3(5(8)9)2-4(6)7;;;/h2H,1H3,(H,6,7)(H,8,9);;;1H2/q;2*+1;/p-2/b3-2-;;;. The van der Waals surface area contributed by atoms with Crippen LogP contribution in [0, 0.1) is 0 Å². The quantitative estimate of drug-likeness (QED) is 0.319. The van der Waals surface area contributed by atoms with Gasteiger partial charge in [0.2, 0.25) is 0 Å². The van der Waals surface area contributed by atoms with Crippen molar-refractivity contribution in [3.8, 4) is 0 Å². The van der Waals surface area contributed by atoms with Crippen LogP contribution in [0.15, 0.2) is 11.6 Å². The Morgan fingerprint density at radius 2 is 1.50 bits per heavy atom. The number of carboxylic acids is 2. The summed E-state index contributed by atoms with van der Waals surface area (Å²) in [7, 11) is 0. The first-order valence-electron chi connectivity index (χ1n) is 2.14. The van der Waals surface area contributed by atoms with Crippen LogP contribution in [-0.2, 0) is 9.59 Å². The number of hydrogen-bond acceptors (Lipinski definition) is 4. The van der Waals surface area contributed by atoms with E-state index in [0.29, 0.717) is 6.08 Å². The molecule has 0 rings (SSSR count). The van der Waals surface area contributed by atoms with Crippen LogP contribution >= 0.6 is 0 Å². The molecule has 0 aliphatic rings. The molecule has 2 N–H and O–H groups in total. The summed E-state index contributed by atoms with van der Waals surface area (Å²) in [4.78, 5) is 19.4. The van der Waals surface area contributed by atoms with Crippen LogP contribution in [0.4, 0.5) is 0 Å². The van der Waals surface area contributed by atoms with Crippen LogP contribution in [0.1, 0.15) is 6.92 Å². The van der Waals surface area contributed by atoms with Gasteiger partial charge >= 0.3 is 59.1 Å². The fourth-order valence-electron chi connectivity index (χ4n) is 0.236. The van der Waals surface area contributed by atoms with Crippen LogP contribution in [-0.4, -0.2) is 17.4 Å². The van der Waals surface area contributed by atoms with Crippen LogP contribution in [0.5, 0.6) is 0 Å². The van der Waals surface area contributed by atoms with Crippen LogP contribution in [0.2, 0.25) is 0 Å². The fourth-order valence-corrected chi connectivity index (χ4v) is 0.236. The largest absolute Gasteiger partial charge is 1.00 e. The molecule has 12 heavy (non-hydrogen) atoms. The summed E-state index contributed by atoms with van der Waals surface area (Å²) >= 11 is 0. The molecule has 0 aliphatic heterocycles. The van der Waals surface area contributed by atoms with Gasteiger partial charge in [0.05, 0.1) is 11.9 Å². The Morgan fingerprint density at radius 3 is 1.58 bits per heavy atom. The van der Waals surface area contributed by atoms with Gasteiger partial charge in [-0.2, -0.15) is 0 Å². The van der Waals surface area contributed by atoms with Gasteiger partial charge in [-0.15, -0.1) is 0 Å². The molecule has 0 bridgehead atoms. The molecule has 0 aromatic heterocycles. The molecule has 58 valence electrons. The zero-order chi connectivity index (χ0) is 7.44. The first-order valence-corrected chi connectivity index (χ1v) is 2.14. The second-order valence-corrected chi connectivity index (χ2v) is 1.43. The predicted octanol–water partition coefficient (Wildman–Crippen LogP) is -9.38. The molecule has 0 radical (unpaired) electrons. The smallest absolute Gasteiger partial charge is 0.545 e. The molecule has 0 fully saturated rings. The van der Waals surface area contributed by atoms with Crippen molar-refractivity contribution in [2.45, 2.75) is 6.92 Å². The molecule has 0 aromatic carbocycles. The van der Waals surface area contributed by atoms with E-state index in [1.807, 2.05) is 0 Å². The minimum atomic E-state index is -1.53. The van der Waals surface area contributed by atoms with E-state index in [2.05, 4.69) is 0 Å². The maximum absolute atomic E-state index is 9.76. The van der Waals surface area contributed by atoms with Gasteiger partial charge in [0, 0.05) is 0 Å². The molecular weight excluding hydrogens is 186 g/mol. The van der Waals surface area contributed by atoms with Crippen molar-refractivity contribution in [2.75, 3.05) is 0 Å². The molecule has 0 aromatic rings. The summed E-state index contributed by atoms with van der Waals surface area (Å²) in [6.07, 6.45) is 0.468. The van der Waals surface area contributed by atoms with E-state index in [-0.39, 0.29) is 70.2 Å². The van der Waals surface area contributed by atoms with Crippen LogP contribution < -0.4 is 69.3 Å². The molecule has 0 spiro atoms. The van der Waals surface area contributed by atoms with Gasteiger partial charge in [0.1, 0.15) is 0 Å². The zero-order valence-electron chi connectivity index (χ0n) is 7.21. The van der Waals surface area contributed by atoms with Gasteiger partial charge < -0.3 is 25.3 Å². The average molecular weight is 192 g/mol. The molecule has 0 amide bonds. The van der Waals surface area contributed by atoms with Crippen LogP contribution in [0.25, 0.3) is 0 Å². The summed E-state index contributed by atoms with van der Waals surface area (Å²) in [5.41, 5.74) is -0.352. The normalized spacial score (nSPS) is 8.25. The molecule has 0 saturated carbocycles. The van der Waals surface area contributed by atoms with E-state index in [4.69, 9.17) is 0 Å². The minimum absolute atomic E-state index is 0. The third-order valence-electron chi connectivity index (χ3n) is 0.656. The second kappa shape index (κ2) is 11.6. The predicted molar refractivity (Wildman–Crippen MR) is 27.4 cm³/mol. The monoisotopic (exact) mass is 192 g/mol. The summed E-state index contributed by atoms with van der Waals surface area (Å²) in [5, 5.41) is 19.4. The first-order chi connectivity index (χ1) is 4.04. The first kappa shape index (κ1) is 22.9. The Labute approximate surface area is 114 Å². The van der Waals surface area contributed by atoms with E-state index in [1.165, 1.54) is 0 Å². The van der Waals surface area contributed by atoms with E-state index in [9.17, 15) is 19.8 Å². The average Bonchev–Trinajstić information content (AvgIpc) is 1.63. The van der Waals surface area contributed by atoms with Gasteiger partial charge in [-0.05, 0) is 18.6 Å². The van der Waals surface area contributed by atoms with Gasteiger partial charge in [-0.3, -0.25) is 0 Å². The van der Waals surface area contributed by atoms with Crippen molar-refractivity contribution < 1.29 is 84.4 Å². The topological polar surface area (TPSA) is 112 Å². The Kier molecular flexibility index (Phi) is 22.3. The van der Waals surface area contributed by atoms with Gasteiger partial charge in [0.15, 0.2) is 0 Å². The van der Waals surface area contributed by atoms with Crippen molar-refractivity contribution in [1.29, 1.82) is 0 Å². The van der Waals surface area contributed by atoms with Gasteiger partial charge in [-0.1, -0.05) is 0 Å². The van der Waals surface area contributed by atoms with Gasteiger partial charge in [-0.25, -0.2) is 0 Å². The summed E-state index contributed by atoms with van der Waals surface area (Å²) < 4.78 is 0. The molecule has 0 aliphatic carbocycles. The summed E-state index contributed by atoms with van der Waals surface area (Å²) in [6.45, 7) is 1.12. The Hall–Kier alpha value is 0.640. The molecule has 0 atom stereocenters. The van der Waals surface area contributed by atoms with Crippen molar-refractivity contribution in [2.24, 2.45) is 0 Å². The number of carboxylic acid groups (broad SMARTS) is 2. The Bertz CT molecular complexity index is 177. The molecule has 0 unspecified atom stereocenters. The molecule has 5 nitrogen and oxygen atoms in total. The van der Waals surface area contributed by atoms with E-state index < -0.39 is 11.9 Å². The molecule has 7 heteroatoms. The third-order valence-corrected chi connectivity index (χ3v) is 0.656. The fraction of sp³-hybridized carbons (Fsp3) is 0.200. The van der Waals surface area contributed by atoms with Gasteiger partial charge in [0.25, 0.3) is 0 Å². The second-order valence-electron chi connectivity index (χ2n) is 1.43. The number of carbonyl (C=O) groups is 2. The SMILES string of the molecule is C/C(=C/C(=O)[O-])C(=O)[O-].O.[Na+].[Na+]. The number of aliphatic carboxylic acids is 2. The van der Waals surface area contributed by atoms with E-state index >= 15 is 0 Å². The summed E-state index contributed by atoms with van der Waals surface area (Å²) in [6, 6.07) is 0. The maximum Gasteiger partial charge on any atom is 1.00 e. The third kappa shape index (κ3) is 13.2. The number of hydrogen-bond donors (Lipinski definition) is 0. The zero-order valence-corrected chi connectivity index (χ0v) is 11.2. The van der Waals surface area contributed by atoms with Crippen molar-refractivity contribution in [3.05, 3.63) is 11.6 Å². The van der Waals surface area contributed by atoms with Crippen LogP contribution in [0.3, 0.4) is 0 Å². The van der Waals surface area contributed by atoms with Crippen molar-refractivity contribution in [1.82, 2.24) is 0 Å². The van der Waals surface area contributed by atoms with Crippen molar-refractivity contribution in [3.63, 3.8) is 0 Å². The molecular formula is C5H6Na2O5. The molecule has 0 saturated heterocycles. The van der Waals surface area contributed by atoms with Crippen molar-refractivity contribution >= 4 is 11.9 Å². The summed E-state index contributed by atoms with van der Waals surface area (Å²) in [5.74, 6) is -3.03. The Morgan fingerprint density at radius 1 is 1.17 bits per heavy atom. The van der Waals surface area contributed by atoms with E-state index in [0.717, 1.165) is 6.92 Å².